The average Bonchev–Trinajstić information content (AvgIpc) is 2.64. The molecule has 2 N–H and O–H groups in total. The van der Waals surface area contributed by atoms with Gasteiger partial charge in [0.2, 0.25) is 0 Å². The van der Waals surface area contributed by atoms with E-state index < -0.39 is 0 Å². The van der Waals surface area contributed by atoms with Crippen molar-refractivity contribution < 1.29 is 4.74 Å². The minimum absolute atomic E-state index is 0.446. The van der Waals surface area contributed by atoms with Crippen LogP contribution in [0.25, 0.3) is 0 Å². The molecule has 0 spiro atoms. The molecule has 1 fully saturated rings. The number of nitrogens with one attached hydrogen (secondary N) is 2. The number of anilines is 3. The molecular formula is C21H31N5O. The average molecular weight is 370 g/mol. The molecule has 0 amide bonds. The molecule has 1 aliphatic heterocycles. The van der Waals surface area contributed by atoms with Crippen molar-refractivity contribution in [1.29, 1.82) is 0 Å². The van der Waals surface area contributed by atoms with Crippen molar-refractivity contribution >= 4 is 17.3 Å². The maximum atomic E-state index is 5.40. The quantitative estimate of drug-likeness (QED) is 0.776. The summed E-state index contributed by atoms with van der Waals surface area (Å²) < 4.78 is 5.40. The van der Waals surface area contributed by atoms with Gasteiger partial charge in [-0.15, -0.1) is 0 Å². The Morgan fingerprint density at radius 3 is 2.59 bits per heavy atom. The number of rotatable bonds is 7. The summed E-state index contributed by atoms with van der Waals surface area (Å²) in [5, 5.41) is 6.96. The summed E-state index contributed by atoms with van der Waals surface area (Å²) in [5.41, 5.74) is 3.66. The summed E-state index contributed by atoms with van der Waals surface area (Å²) in [5.74, 6) is 2.89. The van der Waals surface area contributed by atoms with E-state index in [0.717, 1.165) is 62.5 Å². The molecule has 0 unspecified atom stereocenters. The van der Waals surface area contributed by atoms with E-state index in [2.05, 4.69) is 64.5 Å². The third-order valence-electron chi connectivity index (χ3n) is 4.86. The van der Waals surface area contributed by atoms with E-state index in [-0.39, 0.29) is 0 Å². The summed E-state index contributed by atoms with van der Waals surface area (Å²) in [6.07, 6.45) is 0. The highest BCUT2D eigenvalue weighted by atomic mass is 16.5. The first-order valence-electron chi connectivity index (χ1n) is 9.79. The molecule has 6 heteroatoms. The highest BCUT2D eigenvalue weighted by molar-refractivity contribution is 5.66. The SMILES string of the molecule is Cc1nc(NCCN2CCOCC2)cc(Nc2c(C)cccc2C(C)C)n1. The summed E-state index contributed by atoms with van der Waals surface area (Å²) >= 11 is 0. The lowest BCUT2D eigenvalue weighted by Crippen LogP contribution is -2.39. The Bertz CT molecular complexity index is 756. The Hall–Kier alpha value is -2.18. The Morgan fingerprint density at radius 2 is 1.85 bits per heavy atom. The van der Waals surface area contributed by atoms with Crippen LogP contribution in [0.2, 0.25) is 0 Å². The van der Waals surface area contributed by atoms with E-state index in [9.17, 15) is 0 Å². The second-order valence-electron chi connectivity index (χ2n) is 7.39. The zero-order valence-electron chi connectivity index (χ0n) is 16.9. The van der Waals surface area contributed by atoms with Crippen molar-refractivity contribution in [3.05, 3.63) is 41.2 Å². The zero-order valence-corrected chi connectivity index (χ0v) is 16.9. The topological polar surface area (TPSA) is 62.3 Å². The van der Waals surface area contributed by atoms with E-state index in [1.807, 2.05) is 13.0 Å². The summed E-state index contributed by atoms with van der Waals surface area (Å²) in [7, 11) is 0. The Kier molecular flexibility index (Phi) is 6.63. The van der Waals surface area contributed by atoms with Crippen LogP contribution in [-0.2, 0) is 4.74 Å². The number of hydrogen-bond acceptors (Lipinski definition) is 6. The lowest BCUT2D eigenvalue weighted by Gasteiger charge is -2.26. The fourth-order valence-corrected chi connectivity index (χ4v) is 3.36. The van der Waals surface area contributed by atoms with Gasteiger partial charge in [-0.2, -0.15) is 0 Å². The maximum Gasteiger partial charge on any atom is 0.136 e. The fraction of sp³-hybridized carbons (Fsp3) is 0.524. The number of hydrogen-bond donors (Lipinski definition) is 2. The third kappa shape index (κ3) is 5.40. The number of morpholine rings is 1. The first-order chi connectivity index (χ1) is 13.0. The molecule has 0 aliphatic carbocycles. The molecule has 0 atom stereocenters. The molecular weight excluding hydrogens is 338 g/mol. The molecule has 1 saturated heterocycles. The predicted octanol–water partition coefficient (Wildman–Crippen LogP) is 3.70. The van der Waals surface area contributed by atoms with Gasteiger partial charge in [0.05, 0.1) is 13.2 Å². The van der Waals surface area contributed by atoms with Gasteiger partial charge in [0.25, 0.3) is 0 Å². The highest BCUT2D eigenvalue weighted by Crippen LogP contribution is 2.30. The fourth-order valence-electron chi connectivity index (χ4n) is 3.36. The van der Waals surface area contributed by atoms with Gasteiger partial charge in [-0.3, -0.25) is 4.90 Å². The minimum atomic E-state index is 0.446. The van der Waals surface area contributed by atoms with E-state index in [0.29, 0.717) is 5.92 Å². The van der Waals surface area contributed by atoms with Crippen LogP contribution in [0.5, 0.6) is 0 Å². The number of ether oxygens (including phenoxy) is 1. The van der Waals surface area contributed by atoms with Crippen LogP contribution in [0.1, 0.15) is 36.7 Å². The van der Waals surface area contributed by atoms with Crippen LogP contribution >= 0.6 is 0 Å². The molecule has 1 aromatic heterocycles. The molecule has 2 heterocycles. The number of para-hydroxylation sites is 1. The first kappa shape index (κ1) is 19.6. The number of aryl methyl sites for hydroxylation is 2. The van der Waals surface area contributed by atoms with Crippen molar-refractivity contribution in [2.45, 2.75) is 33.6 Å². The molecule has 2 aromatic rings. The van der Waals surface area contributed by atoms with Gasteiger partial charge in [0, 0.05) is 37.9 Å². The lowest BCUT2D eigenvalue weighted by atomic mass is 9.98. The Morgan fingerprint density at radius 1 is 1.11 bits per heavy atom. The number of aromatic nitrogens is 2. The van der Waals surface area contributed by atoms with Gasteiger partial charge in [-0.25, -0.2) is 9.97 Å². The minimum Gasteiger partial charge on any atom is -0.379 e. The molecule has 0 radical (unpaired) electrons. The van der Waals surface area contributed by atoms with Gasteiger partial charge in [-0.1, -0.05) is 32.0 Å². The van der Waals surface area contributed by atoms with Crippen LogP contribution in [0.3, 0.4) is 0 Å². The largest absolute Gasteiger partial charge is 0.379 e. The second-order valence-corrected chi connectivity index (χ2v) is 7.39. The van der Waals surface area contributed by atoms with Gasteiger partial charge in [0.1, 0.15) is 17.5 Å². The maximum absolute atomic E-state index is 5.40. The van der Waals surface area contributed by atoms with E-state index in [1.165, 1.54) is 11.1 Å². The van der Waals surface area contributed by atoms with Crippen molar-refractivity contribution in [2.24, 2.45) is 0 Å². The molecule has 1 aliphatic rings. The van der Waals surface area contributed by atoms with Crippen LogP contribution in [0.4, 0.5) is 17.3 Å². The number of nitrogens with zero attached hydrogens (tertiary/aromatic N) is 3. The molecule has 6 nitrogen and oxygen atoms in total. The third-order valence-corrected chi connectivity index (χ3v) is 4.86. The normalized spacial score (nSPS) is 15.1. The second kappa shape index (κ2) is 9.15. The van der Waals surface area contributed by atoms with Gasteiger partial charge in [-0.05, 0) is 30.9 Å². The standard InChI is InChI=1S/C21H31N5O/c1-15(2)18-7-5-6-16(3)21(18)25-20-14-19(23-17(4)24-20)22-8-9-26-10-12-27-13-11-26/h5-7,14-15H,8-13H2,1-4H3,(H2,22,23,24,25). The Balaban J connectivity index is 1.68. The molecule has 3 rings (SSSR count). The molecule has 0 bridgehead atoms. The molecule has 27 heavy (non-hydrogen) atoms. The Labute approximate surface area is 162 Å². The van der Waals surface area contributed by atoms with E-state index >= 15 is 0 Å². The first-order valence-corrected chi connectivity index (χ1v) is 9.79. The van der Waals surface area contributed by atoms with Crippen LogP contribution < -0.4 is 10.6 Å². The lowest BCUT2D eigenvalue weighted by molar-refractivity contribution is 0.0398. The monoisotopic (exact) mass is 369 g/mol. The van der Waals surface area contributed by atoms with Crippen molar-refractivity contribution in [3.8, 4) is 0 Å². The smallest absolute Gasteiger partial charge is 0.136 e. The molecule has 0 saturated carbocycles. The van der Waals surface area contributed by atoms with Gasteiger partial charge < -0.3 is 15.4 Å². The van der Waals surface area contributed by atoms with Crippen LogP contribution in [-0.4, -0.2) is 54.3 Å². The number of benzene rings is 1. The summed E-state index contributed by atoms with van der Waals surface area (Å²) in [6.45, 7) is 14.0. The van der Waals surface area contributed by atoms with Crippen molar-refractivity contribution in [1.82, 2.24) is 14.9 Å². The highest BCUT2D eigenvalue weighted by Gasteiger charge is 2.12. The van der Waals surface area contributed by atoms with Crippen LogP contribution in [0, 0.1) is 13.8 Å². The van der Waals surface area contributed by atoms with Crippen molar-refractivity contribution in [2.75, 3.05) is 50.0 Å². The van der Waals surface area contributed by atoms with Gasteiger partial charge in [0.15, 0.2) is 0 Å². The van der Waals surface area contributed by atoms with Crippen LogP contribution in [0.15, 0.2) is 24.3 Å². The zero-order chi connectivity index (χ0) is 19.2. The predicted molar refractivity (Wildman–Crippen MR) is 111 cm³/mol. The van der Waals surface area contributed by atoms with E-state index in [1.54, 1.807) is 0 Å². The molecule has 146 valence electrons. The van der Waals surface area contributed by atoms with E-state index in [4.69, 9.17) is 4.74 Å². The summed E-state index contributed by atoms with van der Waals surface area (Å²) in [4.78, 5) is 11.5. The van der Waals surface area contributed by atoms with Crippen molar-refractivity contribution in [3.63, 3.8) is 0 Å². The van der Waals surface area contributed by atoms with Gasteiger partial charge >= 0.3 is 0 Å². The summed E-state index contributed by atoms with van der Waals surface area (Å²) in [6, 6.07) is 8.40. The molecule has 1 aromatic carbocycles.